The minimum Gasteiger partial charge on any atom is -0.496 e. The molecular weight excluding hydrogens is 326 g/mol. The molecule has 0 bridgehead atoms. The third-order valence-corrected chi connectivity index (χ3v) is 4.97. The van der Waals surface area contributed by atoms with Crippen LogP contribution >= 0.6 is 0 Å². The third-order valence-electron chi connectivity index (χ3n) is 4.97. The minimum absolute atomic E-state index is 0.268. The van der Waals surface area contributed by atoms with Crippen LogP contribution in [0.25, 0.3) is 0 Å². The average Bonchev–Trinajstić information content (AvgIpc) is 2.61. The lowest BCUT2D eigenvalue weighted by atomic mass is 10.0. The molecule has 0 saturated heterocycles. The zero-order chi connectivity index (χ0) is 19.6. The van der Waals surface area contributed by atoms with Crippen molar-refractivity contribution in [3.63, 3.8) is 0 Å². The molecule has 1 atom stereocenters. The van der Waals surface area contributed by atoms with Crippen LogP contribution in [-0.2, 0) is 9.53 Å². The lowest BCUT2D eigenvalue weighted by Crippen LogP contribution is -2.37. The molecule has 26 heavy (non-hydrogen) atoms. The second kappa shape index (κ2) is 7.81. The molecule has 0 radical (unpaired) electrons. The van der Waals surface area contributed by atoms with Gasteiger partial charge >= 0.3 is 5.97 Å². The number of esters is 1. The molecule has 2 aromatic carbocycles. The van der Waals surface area contributed by atoms with Crippen LogP contribution in [-0.4, -0.2) is 26.2 Å². The van der Waals surface area contributed by atoms with Crippen LogP contribution in [0.2, 0.25) is 0 Å². The van der Waals surface area contributed by atoms with Crippen molar-refractivity contribution in [2.45, 2.75) is 47.6 Å². The molecule has 0 aliphatic heterocycles. The predicted octanol–water partition coefficient (Wildman–Crippen LogP) is 4.94. The first-order chi connectivity index (χ1) is 12.2. The van der Waals surface area contributed by atoms with Gasteiger partial charge in [-0.05, 0) is 87.6 Å². The maximum atomic E-state index is 12.4. The van der Waals surface area contributed by atoms with Gasteiger partial charge in [0.15, 0.2) is 0 Å². The first-order valence-corrected chi connectivity index (χ1v) is 8.81. The van der Waals surface area contributed by atoms with Crippen molar-refractivity contribution in [1.82, 2.24) is 0 Å². The fourth-order valence-electron chi connectivity index (χ4n) is 3.28. The summed E-state index contributed by atoms with van der Waals surface area (Å²) in [7, 11) is 3.10. The van der Waals surface area contributed by atoms with Gasteiger partial charge in [0.25, 0.3) is 0 Å². The second-order valence-corrected chi connectivity index (χ2v) is 6.90. The molecule has 0 aromatic heterocycles. The normalized spacial score (nSPS) is 11.8. The highest BCUT2D eigenvalue weighted by Crippen LogP contribution is 2.37. The molecule has 0 saturated carbocycles. The van der Waals surface area contributed by atoms with Crippen LogP contribution in [0, 0.1) is 34.6 Å². The zero-order valence-corrected chi connectivity index (χ0v) is 17.1. The minimum atomic E-state index is -0.452. The Hall–Kier alpha value is -2.49. The van der Waals surface area contributed by atoms with E-state index in [2.05, 4.69) is 43.9 Å². The standard InChI is InChI=1S/C22H29NO3/c1-13-9-15(3)19(10-14(13)2)23(18(6)22(24)26-8)20-11-17(5)21(25-7)12-16(20)4/h9-12,18H,1-8H3. The molecule has 0 aliphatic carbocycles. The Balaban J connectivity index is 2.73. The Morgan fingerprint density at radius 1 is 0.808 bits per heavy atom. The van der Waals surface area contributed by atoms with E-state index in [1.54, 1.807) is 7.11 Å². The zero-order valence-electron chi connectivity index (χ0n) is 17.1. The van der Waals surface area contributed by atoms with Gasteiger partial charge in [0.2, 0.25) is 0 Å². The van der Waals surface area contributed by atoms with Gasteiger partial charge in [-0.1, -0.05) is 6.07 Å². The summed E-state index contributed by atoms with van der Waals surface area (Å²) in [6.07, 6.45) is 0. The van der Waals surface area contributed by atoms with Crippen LogP contribution < -0.4 is 9.64 Å². The summed E-state index contributed by atoms with van der Waals surface area (Å²) < 4.78 is 10.5. The van der Waals surface area contributed by atoms with Crippen LogP contribution in [0.15, 0.2) is 24.3 Å². The molecule has 4 nitrogen and oxygen atoms in total. The van der Waals surface area contributed by atoms with Crippen LogP contribution in [0.3, 0.4) is 0 Å². The van der Waals surface area contributed by atoms with Gasteiger partial charge in [-0.15, -0.1) is 0 Å². The lowest BCUT2D eigenvalue weighted by Gasteiger charge is -2.33. The molecule has 0 spiro atoms. The summed E-state index contributed by atoms with van der Waals surface area (Å²) >= 11 is 0. The maximum Gasteiger partial charge on any atom is 0.328 e. The quantitative estimate of drug-likeness (QED) is 0.712. The number of benzene rings is 2. The summed E-state index contributed by atoms with van der Waals surface area (Å²) in [6.45, 7) is 12.2. The first kappa shape index (κ1) is 19.8. The van der Waals surface area contributed by atoms with Crippen molar-refractivity contribution >= 4 is 17.3 Å². The fraction of sp³-hybridized carbons (Fsp3) is 0.409. The van der Waals surface area contributed by atoms with Crippen molar-refractivity contribution < 1.29 is 14.3 Å². The molecule has 140 valence electrons. The summed E-state index contributed by atoms with van der Waals surface area (Å²) in [5.41, 5.74) is 7.61. The molecule has 0 N–H and O–H groups in total. The number of aryl methyl sites for hydroxylation is 5. The highest BCUT2D eigenvalue weighted by atomic mass is 16.5. The SMILES string of the molecule is COC(=O)C(C)N(c1cc(C)c(C)cc1C)c1cc(C)c(OC)cc1C. The Morgan fingerprint density at radius 2 is 1.31 bits per heavy atom. The van der Waals surface area contributed by atoms with Crippen molar-refractivity contribution in [2.75, 3.05) is 19.1 Å². The number of rotatable bonds is 5. The van der Waals surface area contributed by atoms with Gasteiger partial charge < -0.3 is 14.4 Å². The first-order valence-electron chi connectivity index (χ1n) is 8.81. The number of carbonyl (C=O) groups excluding carboxylic acids is 1. The Kier molecular flexibility index (Phi) is 5.96. The van der Waals surface area contributed by atoms with Crippen molar-refractivity contribution in [1.29, 1.82) is 0 Å². The number of anilines is 2. The van der Waals surface area contributed by atoms with E-state index in [4.69, 9.17) is 9.47 Å². The van der Waals surface area contributed by atoms with Crippen LogP contribution in [0.5, 0.6) is 5.75 Å². The third kappa shape index (κ3) is 3.69. The Labute approximate surface area is 156 Å². The summed E-state index contributed by atoms with van der Waals surface area (Å²) in [4.78, 5) is 14.5. The van der Waals surface area contributed by atoms with Crippen LogP contribution in [0.1, 0.15) is 34.7 Å². The monoisotopic (exact) mass is 355 g/mol. The van der Waals surface area contributed by atoms with Gasteiger partial charge in [-0.2, -0.15) is 0 Å². The van der Waals surface area contributed by atoms with Crippen molar-refractivity contribution in [3.05, 3.63) is 52.1 Å². The molecule has 1 unspecified atom stereocenters. The van der Waals surface area contributed by atoms with Crippen LogP contribution in [0.4, 0.5) is 11.4 Å². The fourth-order valence-corrected chi connectivity index (χ4v) is 3.28. The summed E-state index contributed by atoms with van der Waals surface area (Å²) in [5, 5.41) is 0. The molecule has 2 rings (SSSR count). The highest BCUT2D eigenvalue weighted by molar-refractivity contribution is 5.85. The largest absolute Gasteiger partial charge is 0.496 e. The van der Waals surface area contributed by atoms with E-state index in [-0.39, 0.29) is 5.97 Å². The predicted molar refractivity (Wildman–Crippen MR) is 107 cm³/mol. The van der Waals surface area contributed by atoms with E-state index in [0.29, 0.717) is 0 Å². The summed E-state index contributed by atoms with van der Waals surface area (Å²) in [6, 6.07) is 7.93. The molecule has 4 heteroatoms. The lowest BCUT2D eigenvalue weighted by molar-refractivity contribution is -0.141. The molecule has 0 fully saturated rings. The number of ether oxygens (including phenoxy) is 2. The maximum absolute atomic E-state index is 12.4. The van der Waals surface area contributed by atoms with Gasteiger partial charge in [-0.25, -0.2) is 4.79 Å². The molecule has 0 aliphatic rings. The Morgan fingerprint density at radius 3 is 1.85 bits per heavy atom. The topological polar surface area (TPSA) is 38.8 Å². The smallest absolute Gasteiger partial charge is 0.328 e. The average molecular weight is 355 g/mol. The summed E-state index contributed by atoms with van der Waals surface area (Å²) in [5.74, 6) is 0.573. The molecule has 2 aromatic rings. The second-order valence-electron chi connectivity index (χ2n) is 6.90. The number of hydrogen-bond acceptors (Lipinski definition) is 4. The van der Waals surface area contributed by atoms with Crippen molar-refractivity contribution in [2.24, 2.45) is 0 Å². The van der Waals surface area contributed by atoms with Gasteiger partial charge in [-0.3, -0.25) is 0 Å². The molecule has 0 heterocycles. The van der Waals surface area contributed by atoms with E-state index in [1.807, 2.05) is 26.8 Å². The Bertz CT molecular complexity index is 827. The number of hydrogen-bond donors (Lipinski definition) is 0. The van der Waals surface area contributed by atoms with Gasteiger partial charge in [0, 0.05) is 11.4 Å². The van der Waals surface area contributed by atoms with E-state index < -0.39 is 6.04 Å². The number of nitrogens with zero attached hydrogens (tertiary/aromatic N) is 1. The van der Waals surface area contributed by atoms with E-state index in [0.717, 1.165) is 33.8 Å². The van der Waals surface area contributed by atoms with Crippen molar-refractivity contribution in [3.8, 4) is 5.75 Å². The van der Waals surface area contributed by atoms with E-state index in [9.17, 15) is 4.79 Å². The van der Waals surface area contributed by atoms with E-state index >= 15 is 0 Å². The highest BCUT2D eigenvalue weighted by Gasteiger charge is 2.27. The molecular formula is C22H29NO3. The van der Waals surface area contributed by atoms with E-state index in [1.165, 1.54) is 18.2 Å². The number of methoxy groups -OCH3 is 2. The molecule has 0 amide bonds. The van der Waals surface area contributed by atoms with Gasteiger partial charge in [0.1, 0.15) is 11.8 Å². The van der Waals surface area contributed by atoms with Gasteiger partial charge in [0.05, 0.1) is 14.2 Å². The number of carbonyl (C=O) groups is 1.